The van der Waals surface area contributed by atoms with E-state index in [9.17, 15) is 0 Å². The summed E-state index contributed by atoms with van der Waals surface area (Å²) in [6.45, 7) is 18.4. The standard InChI is InChI=1S/C22H32/c1-13(2)17-9-19(15(5)6)22-12-18(14(3)4)10-20(16(7)8)21(22)11-17/h9-16H,1-8H3. The highest BCUT2D eigenvalue weighted by molar-refractivity contribution is 5.91. The molecule has 0 fully saturated rings. The van der Waals surface area contributed by atoms with Gasteiger partial charge in [0.2, 0.25) is 0 Å². The summed E-state index contributed by atoms with van der Waals surface area (Å²) < 4.78 is 0. The van der Waals surface area contributed by atoms with Gasteiger partial charge in [-0.05, 0) is 56.7 Å². The Morgan fingerprint density at radius 3 is 1.00 bits per heavy atom. The zero-order valence-corrected chi connectivity index (χ0v) is 15.6. The van der Waals surface area contributed by atoms with Gasteiger partial charge in [0.05, 0.1) is 0 Å². The Bertz CT molecular complexity index is 598. The van der Waals surface area contributed by atoms with Crippen LogP contribution in [0.25, 0.3) is 10.8 Å². The van der Waals surface area contributed by atoms with Gasteiger partial charge in [-0.3, -0.25) is 0 Å². The van der Waals surface area contributed by atoms with Gasteiger partial charge >= 0.3 is 0 Å². The Labute approximate surface area is 136 Å². The predicted octanol–water partition coefficient (Wildman–Crippen LogP) is 7.33. The van der Waals surface area contributed by atoms with Crippen LogP contribution in [0.4, 0.5) is 0 Å². The molecular formula is C22H32. The maximum atomic E-state index is 2.44. The molecule has 2 aromatic rings. The molecule has 2 aromatic carbocycles. The van der Waals surface area contributed by atoms with E-state index in [0.717, 1.165) is 0 Å². The predicted molar refractivity (Wildman–Crippen MR) is 100 cm³/mol. The van der Waals surface area contributed by atoms with Crippen molar-refractivity contribution in [1.29, 1.82) is 0 Å². The Kier molecular flexibility index (Phi) is 5.00. The highest BCUT2D eigenvalue weighted by atomic mass is 14.2. The van der Waals surface area contributed by atoms with Crippen LogP contribution in [0.1, 0.15) is 101 Å². The topological polar surface area (TPSA) is 0 Å². The smallest absolute Gasteiger partial charge is 0.0143 e. The van der Waals surface area contributed by atoms with E-state index in [-0.39, 0.29) is 0 Å². The molecule has 0 N–H and O–H groups in total. The second-order valence-electron chi connectivity index (χ2n) is 7.93. The molecule has 0 heteroatoms. The summed E-state index contributed by atoms with van der Waals surface area (Å²) in [5.74, 6) is 2.27. The monoisotopic (exact) mass is 296 g/mol. The van der Waals surface area contributed by atoms with Crippen molar-refractivity contribution < 1.29 is 0 Å². The molecule has 22 heavy (non-hydrogen) atoms. The minimum absolute atomic E-state index is 0.559. The summed E-state index contributed by atoms with van der Waals surface area (Å²) in [7, 11) is 0. The molecule has 0 aliphatic carbocycles. The first-order valence-corrected chi connectivity index (χ1v) is 8.83. The molecule has 0 unspecified atom stereocenters. The van der Waals surface area contributed by atoms with E-state index in [0.29, 0.717) is 23.7 Å². The van der Waals surface area contributed by atoms with Gasteiger partial charge in [-0.25, -0.2) is 0 Å². The molecule has 0 amide bonds. The molecule has 0 saturated heterocycles. The van der Waals surface area contributed by atoms with E-state index in [1.54, 1.807) is 0 Å². The third-order valence-corrected chi connectivity index (χ3v) is 4.76. The summed E-state index contributed by atoms with van der Waals surface area (Å²) >= 11 is 0. The van der Waals surface area contributed by atoms with E-state index >= 15 is 0 Å². The third kappa shape index (κ3) is 3.21. The molecule has 0 aromatic heterocycles. The average molecular weight is 296 g/mol. The van der Waals surface area contributed by atoms with Crippen molar-refractivity contribution >= 4 is 10.8 Å². The van der Waals surface area contributed by atoms with Gasteiger partial charge in [0.15, 0.2) is 0 Å². The molecule has 0 bridgehead atoms. The van der Waals surface area contributed by atoms with Crippen LogP contribution in [-0.2, 0) is 0 Å². The van der Waals surface area contributed by atoms with Crippen molar-refractivity contribution in [3.05, 3.63) is 46.5 Å². The largest absolute Gasteiger partial charge is 0.0587 e. The summed E-state index contributed by atoms with van der Waals surface area (Å²) in [6.07, 6.45) is 0. The fraction of sp³-hybridized carbons (Fsp3) is 0.545. The Morgan fingerprint density at radius 1 is 0.455 bits per heavy atom. The lowest BCUT2D eigenvalue weighted by Crippen LogP contribution is -2.01. The highest BCUT2D eigenvalue weighted by Crippen LogP contribution is 2.36. The van der Waals surface area contributed by atoms with Crippen LogP contribution in [0, 0.1) is 0 Å². The number of benzene rings is 2. The molecule has 0 heterocycles. The van der Waals surface area contributed by atoms with Crippen LogP contribution in [-0.4, -0.2) is 0 Å². The Balaban J connectivity index is 2.90. The molecule has 0 nitrogen and oxygen atoms in total. The fourth-order valence-electron chi connectivity index (χ4n) is 3.19. The molecule has 0 aliphatic rings. The van der Waals surface area contributed by atoms with E-state index < -0.39 is 0 Å². The van der Waals surface area contributed by atoms with Crippen LogP contribution in [0.15, 0.2) is 24.3 Å². The van der Waals surface area contributed by atoms with Gasteiger partial charge in [0.25, 0.3) is 0 Å². The fourth-order valence-corrected chi connectivity index (χ4v) is 3.19. The molecule has 0 aliphatic heterocycles. The SMILES string of the molecule is CC(C)c1cc(C(C)C)c2cc(C(C)C)cc(C(C)C)c2c1. The first kappa shape index (κ1) is 17.1. The van der Waals surface area contributed by atoms with Crippen molar-refractivity contribution in [2.75, 3.05) is 0 Å². The Hall–Kier alpha value is -1.30. The van der Waals surface area contributed by atoms with E-state index in [4.69, 9.17) is 0 Å². The normalized spacial score (nSPS) is 12.4. The van der Waals surface area contributed by atoms with Gasteiger partial charge in [-0.2, -0.15) is 0 Å². The molecule has 2 rings (SSSR count). The van der Waals surface area contributed by atoms with Gasteiger partial charge in [-0.1, -0.05) is 79.7 Å². The van der Waals surface area contributed by atoms with E-state index in [1.165, 1.54) is 33.0 Å². The van der Waals surface area contributed by atoms with Crippen LogP contribution in [0.2, 0.25) is 0 Å². The van der Waals surface area contributed by atoms with Crippen molar-refractivity contribution in [2.24, 2.45) is 0 Å². The van der Waals surface area contributed by atoms with E-state index in [2.05, 4.69) is 79.7 Å². The quantitative estimate of drug-likeness (QED) is 0.554. The van der Waals surface area contributed by atoms with Crippen molar-refractivity contribution in [3.8, 4) is 0 Å². The second-order valence-corrected chi connectivity index (χ2v) is 7.93. The maximum Gasteiger partial charge on any atom is -0.0143 e. The maximum absolute atomic E-state index is 2.44. The van der Waals surface area contributed by atoms with Crippen LogP contribution in [0.5, 0.6) is 0 Å². The minimum atomic E-state index is 0.559. The number of hydrogen-bond donors (Lipinski definition) is 0. The highest BCUT2D eigenvalue weighted by Gasteiger charge is 2.16. The zero-order chi connectivity index (χ0) is 16.6. The number of rotatable bonds is 4. The number of hydrogen-bond acceptors (Lipinski definition) is 0. The van der Waals surface area contributed by atoms with Crippen molar-refractivity contribution in [1.82, 2.24) is 0 Å². The van der Waals surface area contributed by atoms with Crippen LogP contribution < -0.4 is 0 Å². The lowest BCUT2D eigenvalue weighted by atomic mass is 9.84. The minimum Gasteiger partial charge on any atom is -0.0587 e. The van der Waals surface area contributed by atoms with Crippen LogP contribution in [0.3, 0.4) is 0 Å². The summed E-state index contributed by atoms with van der Waals surface area (Å²) in [5, 5.41) is 2.93. The Morgan fingerprint density at radius 2 is 0.773 bits per heavy atom. The molecule has 0 atom stereocenters. The lowest BCUT2D eigenvalue weighted by Gasteiger charge is -2.21. The molecule has 0 saturated carbocycles. The average Bonchev–Trinajstić information content (AvgIpc) is 2.44. The van der Waals surface area contributed by atoms with Crippen LogP contribution >= 0.6 is 0 Å². The lowest BCUT2D eigenvalue weighted by molar-refractivity contribution is 0.828. The first-order chi connectivity index (χ1) is 10.2. The number of fused-ring (bicyclic) bond motifs is 1. The summed E-state index contributed by atoms with van der Waals surface area (Å²) in [6, 6.07) is 9.74. The molecule has 0 radical (unpaired) electrons. The molecular weight excluding hydrogens is 264 g/mol. The van der Waals surface area contributed by atoms with Crippen molar-refractivity contribution in [3.63, 3.8) is 0 Å². The van der Waals surface area contributed by atoms with Crippen molar-refractivity contribution in [2.45, 2.75) is 79.1 Å². The zero-order valence-electron chi connectivity index (χ0n) is 15.6. The third-order valence-electron chi connectivity index (χ3n) is 4.76. The molecule has 120 valence electrons. The molecule has 0 spiro atoms. The summed E-state index contributed by atoms with van der Waals surface area (Å²) in [5.41, 5.74) is 5.95. The van der Waals surface area contributed by atoms with Gasteiger partial charge in [-0.15, -0.1) is 0 Å². The van der Waals surface area contributed by atoms with Gasteiger partial charge < -0.3 is 0 Å². The van der Waals surface area contributed by atoms with E-state index in [1.807, 2.05) is 0 Å². The van der Waals surface area contributed by atoms with Gasteiger partial charge in [0, 0.05) is 0 Å². The van der Waals surface area contributed by atoms with Gasteiger partial charge in [0.1, 0.15) is 0 Å². The summed E-state index contributed by atoms with van der Waals surface area (Å²) in [4.78, 5) is 0. The first-order valence-electron chi connectivity index (χ1n) is 8.83. The second kappa shape index (κ2) is 6.44.